The summed E-state index contributed by atoms with van der Waals surface area (Å²) in [5, 5.41) is 9.34. The quantitative estimate of drug-likeness (QED) is 0.192. The molecule has 0 radical (unpaired) electrons. The van der Waals surface area contributed by atoms with Crippen molar-refractivity contribution in [3.8, 4) is 0 Å². The molecule has 0 saturated heterocycles. The van der Waals surface area contributed by atoms with E-state index < -0.39 is 0 Å². The van der Waals surface area contributed by atoms with Gasteiger partial charge in [-0.25, -0.2) is 0 Å². The molecule has 2 atom stereocenters. The maximum absolute atomic E-state index is 6.36. The van der Waals surface area contributed by atoms with Gasteiger partial charge in [-0.2, -0.15) is 0 Å². The van der Waals surface area contributed by atoms with Crippen LogP contribution in [0.4, 0.5) is 0 Å². The Balaban J connectivity index is 1.12. The van der Waals surface area contributed by atoms with Gasteiger partial charge in [0.05, 0.1) is 12.1 Å². The van der Waals surface area contributed by atoms with Gasteiger partial charge in [-0.1, -0.05) is 121 Å². The highest BCUT2D eigenvalue weighted by Crippen LogP contribution is 2.34. The van der Waals surface area contributed by atoms with E-state index in [4.69, 9.17) is 14.4 Å². The number of fused-ring (bicyclic) bond motifs is 3. The minimum Gasteiger partial charge on any atom is -0.456 e. The minimum atomic E-state index is -0.115. The van der Waals surface area contributed by atoms with Gasteiger partial charge in [-0.15, -0.1) is 0 Å². The van der Waals surface area contributed by atoms with E-state index in [9.17, 15) is 0 Å². The second-order valence-electron chi connectivity index (χ2n) is 12.3. The molecule has 0 spiro atoms. The smallest absolute Gasteiger partial charge is 0.135 e. The van der Waals surface area contributed by atoms with Gasteiger partial charge < -0.3 is 15.1 Å². The molecule has 0 fully saturated rings. The van der Waals surface area contributed by atoms with Gasteiger partial charge in [0.2, 0.25) is 0 Å². The molecule has 7 aromatic rings. The van der Waals surface area contributed by atoms with Crippen LogP contribution in [-0.2, 0) is 0 Å². The largest absolute Gasteiger partial charge is 0.456 e. The van der Waals surface area contributed by atoms with Crippen molar-refractivity contribution in [1.29, 1.82) is 0 Å². The Hall–Kier alpha value is -6.46. The van der Waals surface area contributed by atoms with Crippen molar-refractivity contribution >= 4 is 45.0 Å². The van der Waals surface area contributed by atoms with Gasteiger partial charge in [0, 0.05) is 33.3 Å². The number of nitrogens with one attached hydrogen (secondary N) is 2. The second-order valence-corrected chi connectivity index (χ2v) is 12.3. The molecule has 5 heteroatoms. The molecule has 234 valence electrons. The number of rotatable bonds is 6. The normalized spacial score (nSPS) is 17.4. The van der Waals surface area contributed by atoms with Crippen LogP contribution in [0.15, 0.2) is 184 Å². The predicted octanol–water partition coefficient (Wildman–Crippen LogP) is 9.85. The van der Waals surface area contributed by atoms with Gasteiger partial charge in [0.15, 0.2) is 0 Å². The molecule has 2 N–H and O–H groups in total. The SMILES string of the molecule is C1=C(c2ccccc2)NC(c2ccc3oc4ccc(C5=NC(c6ccccc6)C=C(c6ccccc6)N5)cc4c3c2)=NC1c1ccccc1. The van der Waals surface area contributed by atoms with Crippen LogP contribution in [0.5, 0.6) is 0 Å². The summed E-state index contributed by atoms with van der Waals surface area (Å²) in [7, 11) is 0. The maximum atomic E-state index is 6.36. The topological polar surface area (TPSA) is 61.9 Å². The van der Waals surface area contributed by atoms with E-state index in [0.29, 0.717) is 0 Å². The van der Waals surface area contributed by atoms with Crippen molar-refractivity contribution in [1.82, 2.24) is 10.6 Å². The van der Waals surface area contributed by atoms with Crippen molar-refractivity contribution in [2.45, 2.75) is 12.1 Å². The fourth-order valence-electron chi connectivity index (χ4n) is 6.65. The van der Waals surface area contributed by atoms with Crippen LogP contribution in [0, 0.1) is 0 Å². The highest BCUT2D eigenvalue weighted by molar-refractivity contribution is 6.13. The zero-order valence-electron chi connectivity index (χ0n) is 26.6. The summed E-state index contributed by atoms with van der Waals surface area (Å²) in [6.45, 7) is 0. The Morgan fingerprint density at radius 3 is 1.20 bits per heavy atom. The van der Waals surface area contributed by atoms with Crippen LogP contribution in [-0.4, -0.2) is 11.7 Å². The summed E-state index contributed by atoms with van der Waals surface area (Å²) in [6.07, 6.45) is 4.40. The number of aliphatic imine (C=N–C) groups is 2. The van der Waals surface area contributed by atoms with E-state index in [1.807, 2.05) is 36.4 Å². The summed E-state index contributed by atoms with van der Waals surface area (Å²) >= 11 is 0. The van der Waals surface area contributed by atoms with Crippen LogP contribution >= 0.6 is 0 Å². The van der Waals surface area contributed by atoms with E-state index in [2.05, 4.69) is 144 Å². The summed E-state index contributed by atoms with van der Waals surface area (Å²) in [6, 6.07) is 54.1. The lowest BCUT2D eigenvalue weighted by atomic mass is 9.99. The van der Waals surface area contributed by atoms with Crippen molar-refractivity contribution < 1.29 is 4.42 Å². The molecule has 0 saturated carbocycles. The lowest BCUT2D eigenvalue weighted by molar-refractivity contribution is 0.669. The van der Waals surface area contributed by atoms with E-state index in [0.717, 1.165) is 78.4 Å². The highest BCUT2D eigenvalue weighted by Gasteiger charge is 2.22. The average molecular weight is 633 g/mol. The second kappa shape index (κ2) is 12.3. The summed E-state index contributed by atoms with van der Waals surface area (Å²) < 4.78 is 6.36. The molecule has 2 aliphatic rings. The lowest BCUT2D eigenvalue weighted by Crippen LogP contribution is -2.27. The molecule has 0 aliphatic carbocycles. The van der Waals surface area contributed by atoms with Gasteiger partial charge in [0.1, 0.15) is 22.8 Å². The fraction of sp³-hybridized carbons (Fsp3) is 0.0455. The minimum absolute atomic E-state index is 0.115. The molecule has 5 nitrogen and oxygen atoms in total. The number of benzene rings is 6. The first-order chi connectivity index (χ1) is 24.2. The first kappa shape index (κ1) is 28.7. The monoisotopic (exact) mass is 632 g/mol. The Labute approximate surface area is 284 Å². The van der Waals surface area contributed by atoms with Gasteiger partial charge in [-0.3, -0.25) is 9.98 Å². The first-order valence-corrected chi connectivity index (χ1v) is 16.6. The van der Waals surface area contributed by atoms with Crippen LogP contribution < -0.4 is 10.6 Å². The zero-order valence-corrected chi connectivity index (χ0v) is 26.6. The van der Waals surface area contributed by atoms with Crippen molar-refractivity contribution in [2.75, 3.05) is 0 Å². The van der Waals surface area contributed by atoms with Crippen molar-refractivity contribution in [3.63, 3.8) is 0 Å². The van der Waals surface area contributed by atoms with Crippen LogP contribution in [0.3, 0.4) is 0 Å². The molecule has 2 aliphatic heterocycles. The predicted molar refractivity (Wildman–Crippen MR) is 200 cm³/mol. The molecule has 3 heterocycles. The zero-order chi connectivity index (χ0) is 32.6. The van der Waals surface area contributed by atoms with Gasteiger partial charge in [-0.05, 0) is 70.8 Å². The number of hydrogen-bond acceptors (Lipinski definition) is 5. The third kappa shape index (κ3) is 5.62. The van der Waals surface area contributed by atoms with Crippen molar-refractivity contribution in [2.24, 2.45) is 9.98 Å². The number of hydrogen-bond donors (Lipinski definition) is 2. The van der Waals surface area contributed by atoms with Gasteiger partial charge in [0.25, 0.3) is 0 Å². The van der Waals surface area contributed by atoms with Gasteiger partial charge >= 0.3 is 0 Å². The Morgan fingerprint density at radius 1 is 0.408 bits per heavy atom. The Bertz CT molecular complexity index is 2250. The summed E-state index contributed by atoms with van der Waals surface area (Å²) in [4.78, 5) is 10.4. The summed E-state index contributed by atoms with van der Waals surface area (Å²) in [5.41, 5.74) is 10.3. The third-order valence-electron chi connectivity index (χ3n) is 9.16. The molecule has 49 heavy (non-hydrogen) atoms. The Kier molecular flexibility index (Phi) is 7.21. The molecular formula is C44H32N4O. The summed E-state index contributed by atoms with van der Waals surface area (Å²) in [5.74, 6) is 1.65. The van der Waals surface area contributed by atoms with E-state index in [1.165, 1.54) is 0 Å². The molecule has 6 aromatic carbocycles. The highest BCUT2D eigenvalue weighted by atomic mass is 16.3. The molecule has 2 unspecified atom stereocenters. The molecule has 0 amide bonds. The number of furan rings is 1. The third-order valence-corrected chi connectivity index (χ3v) is 9.16. The molecular weight excluding hydrogens is 601 g/mol. The van der Waals surface area contributed by atoms with Crippen LogP contribution in [0.2, 0.25) is 0 Å². The van der Waals surface area contributed by atoms with E-state index >= 15 is 0 Å². The van der Waals surface area contributed by atoms with E-state index in [-0.39, 0.29) is 12.1 Å². The maximum Gasteiger partial charge on any atom is 0.135 e. The van der Waals surface area contributed by atoms with Crippen molar-refractivity contribution in [3.05, 3.63) is 203 Å². The fourth-order valence-corrected chi connectivity index (χ4v) is 6.65. The number of nitrogens with zero attached hydrogens (tertiary/aromatic N) is 2. The first-order valence-electron chi connectivity index (χ1n) is 16.6. The number of amidine groups is 2. The Morgan fingerprint density at radius 2 is 0.796 bits per heavy atom. The van der Waals surface area contributed by atoms with Crippen LogP contribution in [0.25, 0.3) is 33.3 Å². The standard InChI is InChI=1S/C44H32N4O/c1-5-13-29(14-6-1)37-27-38(30-15-7-2-8-16-30)46-43(45-37)33-21-23-41-35(25-33)36-26-34(22-24-42(36)49-41)44-47-39(31-17-9-3-10-18-31)28-40(48-44)32-19-11-4-12-20-32/h1-28,37,39H,(H,45,46)(H,47,48). The average Bonchev–Trinajstić information content (AvgIpc) is 3.56. The molecule has 1 aromatic heterocycles. The lowest BCUT2D eigenvalue weighted by Gasteiger charge is -2.23. The molecule has 9 rings (SSSR count). The van der Waals surface area contributed by atoms with E-state index in [1.54, 1.807) is 0 Å². The van der Waals surface area contributed by atoms with Crippen LogP contribution in [0.1, 0.15) is 45.5 Å². The molecule has 0 bridgehead atoms.